The van der Waals surface area contributed by atoms with Gasteiger partial charge in [-0.1, -0.05) is 13.8 Å². The zero-order valence-corrected chi connectivity index (χ0v) is 8.21. The maximum Gasteiger partial charge on any atom is 0.109 e. The molecule has 2 radical (unpaired) electrons. The monoisotopic (exact) mass is 167 g/mol. The first kappa shape index (κ1) is 10.1. The summed E-state index contributed by atoms with van der Waals surface area (Å²) in [6.07, 6.45) is 2.34. The maximum absolute atomic E-state index is 5.70. The highest BCUT2D eigenvalue weighted by molar-refractivity contribution is 6.11. The molecule has 0 amide bonds. The molecule has 0 bridgehead atoms. The molecule has 0 aromatic heterocycles. The molecule has 0 saturated carbocycles. The van der Waals surface area contributed by atoms with Crippen molar-refractivity contribution in [2.24, 2.45) is 5.92 Å². The smallest absolute Gasteiger partial charge is 0.109 e. The molecule has 2 nitrogen and oxygen atoms in total. The van der Waals surface area contributed by atoms with E-state index in [2.05, 4.69) is 19.2 Å². The fraction of sp³-hybridized carbons (Fsp3) is 1.00. The lowest BCUT2D eigenvalue weighted by atomic mass is 9.93. The summed E-state index contributed by atoms with van der Waals surface area (Å²) in [6, 6.07) is 0.383. The molecule has 12 heavy (non-hydrogen) atoms. The van der Waals surface area contributed by atoms with Crippen LogP contribution in [-0.2, 0) is 4.74 Å². The Kier molecular flexibility index (Phi) is 3.60. The molecule has 1 heterocycles. The minimum Gasteiger partial charge on any atom is -0.383 e. The van der Waals surface area contributed by atoms with Crippen molar-refractivity contribution >= 4 is 7.85 Å². The minimum absolute atomic E-state index is 0.0637. The van der Waals surface area contributed by atoms with Crippen molar-refractivity contribution in [1.82, 2.24) is 5.32 Å². The number of hydrogen-bond acceptors (Lipinski definition) is 2. The first-order valence-electron chi connectivity index (χ1n) is 4.71. The van der Waals surface area contributed by atoms with Crippen LogP contribution in [0.5, 0.6) is 0 Å². The van der Waals surface area contributed by atoms with Gasteiger partial charge in [0.15, 0.2) is 0 Å². The lowest BCUT2D eigenvalue weighted by Crippen LogP contribution is -2.34. The maximum atomic E-state index is 5.70. The molecular formula is C9H18BNO. The second kappa shape index (κ2) is 4.29. The summed E-state index contributed by atoms with van der Waals surface area (Å²) >= 11 is 0. The van der Waals surface area contributed by atoms with E-state index in [-0.39, 0.29) is 6.00 Å². The van der Waals surface area contributed by atoms with Gasteiger partial charge in [0.25, 0.3) is 0 Å². The Hall–Kier alpha value is -0.0151. The Morgan fingerprint density at radius 2 is 2.25 bits per heavy atom. The van der Waals surface area contributed by atoms with Gasteiger partial charge < -0.3 is 10.1 Å². The van der Waals surface area contributed by atoms with E-state index in [4.69, 9.17) is 12.6 Å². The van der Waals surface area contributed by atoms with Crippen LogP contribution in [0.2, 0.25) is 0 Å². The molecule has 3 heteroatoms. The summed E-state index contributed by atoms with van der Waals surface area (Å²) in [5, 5.41) is 3.24. The van der Waals surface area contributed by atoms with E-state index in [9.17, 15) is 0 Å². The van der Waals surface area contributed by atoms with Crippen molar-refractivity contribution in [3.8, 4) is 0 Å². The fourth-order valence-corrected chi connectivity index (χ4v) is 1.77. The van der Waals surface area contributed by atoms with Crippen LogP contribution in [0.1, 0.15) is 26.7 Å². The van der Waals surface area contributed by atoms with E-state index < -0.39 is 0 Å². The number of ether oxygens (including phenoxy) is 1. The van der Waals surface area contributed by atoms with Gasteiger partial charge in [-0.2, -0.15) is 0 Å². The van der Waals surface area contributed by atoms with Gasteiger partial charge in [0.05, 0.1) is 6.10 Å². The predicted octanol–water partition coefficient (Wildman–Crippen LogP) is 0.904. The molecule has 1 aliphatic rings. The summed E-state index contributed by atoms with van der Waals surface area (Å²) in [4.78, 5) is 0. The van der Waals surface area contributed by atoms with Gasteiger partial charge in [0, 0.05) is 12.0 Å². The van der Waals surface area contributed by atoms with Gasteiger partial charge in [0.2, 0.25) is 0 Å². The van der Waals surface area contributed by atoms with Gasteiger partial charge in [-0.3, -0.25) is 0 Å². The fourth-order valence-electron chi connectivity index (χ4n) is 1.77. The summed E-state index contributed by atoms with van der Waals surface area (Å²) in [7, 11) is 7.68. The van der Waals surface area contributed by atoms with Gasteiger partial charge in [-0.05, 0) is 25.8 Å². The first-order chi connectivity index (χ1) is 5.63. The molecule has 1 fully saturated rings. The third-order valence-electron chi connectivity index (χ3n) is 2.36. The number of likely N-dealkylation sites (N-methyl/N-ethyl adjacent to an activating group) is 1. The van der Waals surface area contributed by atoms with E-state index in [0.29, 0.717) is 18.1 Å². The van der Waals surface area contributed by atoms with Crippen molar-refractivity contribution in [3.63, 3.8) is 0 Å². The third-order valence-corrected chi connectivity index (χ3v) is 2.36. The number of nitrogens with one attached hydrogen (secondary N) is 1. The Morgan fingerprint density at radius 3 is 2.75 bits per heavy atom. The summed E-state index contributed by atoms with van der Waals surface area (Å²) in [5.41, 5.74) is 0. The van der Waals surface area contributed by atoms with Crippen LogP contribution in [-0.4, -0.2) is 33.0 Å². The molecule has 0 spiro atoms. The SMILES string of the molecule is [B][C@H]1CC(NC)[C@@H](CC(C)C)O1. The largest absolute Gasteiger partial charge is 0.383 e. The van der Waals surface area contributed by atoms with E-state index >= 15 is 0 Å². The first-order valence-corrected chi connectivity index (χ1v) is 4.71. The van der Waals surface area contributed by atoms with Crippen LogP contribution in [0.15, 0.2) is 0 Å². The van der Waals surface area contributed by atoms with Crippen molar-refractivity contribution in [3.05, 3.63) is 0 Å². The Labute approximate surface area is 76.5 Å². The highest BCUT2D eigenvalue weighted by Gasteiger charge is 2.31. The average molecular weight is 167 g/mol. The highest BCUT2D eigenvalue weighted by atomic mass is 16.5. The Morgan fingerprint density at radius 1 is 1.58 bits per heavy atom. The number of rotatable bonds is 3. The van der Waals surface area contributed by atoms with E-state index in [1.807, 2.05) is 7.05 Å². The van der Waals surface area contributed by atoms with Gasteiger partial charge in [-0.25, -0.2) is 0 Å². The summed E-state index contributed by atoms with van der Waals surface area (Å²) < 4.78 is 5.59. The molecule has 1 aliphatic heterocycles. The lowest BCUT2D eigenvalue weighted by molar-refractivity contribution is 0.0640. The van der Waals surface area contributed by atoms with Gasteiger partial charge in [-0.15, -0.1) is 0 Å². The zero-order valence-electron chi connectivity index (χ0n) is 8.21. The van der Waals surface area contributed by atoms with Crippen molar-refractivity contribution in [1.29, 1.82) is 0 Å². The molecule has 0 aromatic carbocycles. The Bertz CT molecular complexity index is 140. The predicted molar refractivity (Wildman–Crippen MR) is 51.3 cm³/mol. The Balaban J connectivity index is 2.40. The lowest BCUT2D eigenvalue weighted by Gasteiger charge is -2.19. The average Bonchev–Trinajstić information content (AvgIpc) is 2.29. The van der Waals surface area contributed by atoms with Crippen LogP contribution in [0.25, 0.3) is 0 Å². The molecule has 0 aromatic rings. The van der Waals surface area contributed by atoms with E-state index in [1.54, 1.807) is 0 Å². The van der Waals surface area contributed by atoms with Crippen LogP contribution in [0.3, 0.4) is 0 Å². The van der Waals surface area contributed by atoms with Crippen molar-refractivity contribution in [2.45, 2.75) is 44.8 Å². The highest BCUT2D eigenvalue weighted by Crippen LogP contribution is 2.23. The topological polar surface area (TPSA) is 21.3 Å². The van der Waals surface area contributed by atoms with E-state index in [0.717, 1.165) is 12.8 Å². The van der Waals surface area contributed by atoms with Crippen molar-refractivity contribution in [2.75, 3.05) is 7.05 Å². The van der Waals surface area contributed by atoms with Crippen LogP contribution < -0.4 is 5.32 Å². The molecule has 0 aliphatic carbocycles. The quantitative estimate of drug-likeness (QED) is 0.630. The van der Waals surface area contributed by atoms with E-state index in [1.165, 1.54) is 0 Å². The van der Waals surface area contributed by atoms with Crippen LogP contribution in [0, 0.1) is 5.92 Å². The summed E-state index contributed by atoms with van der Waals surface area (Å²) in [6.45, 7) is 4.42. The van der Waals surface area contributed by atoms with Gasteiger partial charge in [0.1, 0.15) is 7.85 Å². The molecule has 1 unspecified atom stereocenters. The van der Waals surface area contributed by atoms with Crippen molar-refractivity contribution < 1.29 is 4.74 Å². The molecule has 1 N–H and O–H groups in total. The second-order valence-corrected chi connectivity index (χ2v) is 3.97. The third kappa shape index (κ3) is 2.49. The molecule has 1 rings (SSSR count). The van der Waals surface area contributed by atoms with Crippen LogP contribution >= 0.6 is 0 Å². The number of hydrogen-bond donors (Lipinski definition) is 1. The van der Waals surface area contributed by atoms with Gasteiger partial charge >= 0.3 is 0 Å². The van der Waals surface area contributed by atoms with Crippen LogP contribution in [0.4, 0.5) is 0 Å². The molecule has 68 valence electrons. The molecular weight excluding hydrogens is 149 g/mol. The summed E-state index contributed by atoms with van der Waals surface area (Å²) in [5.74, 6) is 0.677. The second-order valence-electron chi connectivity index (χ2n) is 3.97. The molecule has 3 atom stereocenters. The standard InChI is InChI=1S/C9H18BNO/c1-6(2)4-8-7(11-3)5-9(10)12-8/h6-9,11H,4-5H2,1-3H3/t7?,8-,9-/m1/s1. The molecule has 1 saturated heterocycles. The zero-order chi connectivity index (χ0) is 9.14. The normalized spacial score (nSPS) is 36.2. The minimum atomic E-state index is -0.0637.